The highest BCUT2D eigenvalue weighted by Gasteiger charge is 2.22. The summed E-state index contributed by atoms with van der Waals surface area (Å²) in [6.45, 7) is 6.00. The van der Waals surface area contributed by atoms with Crippen molar-refractivity contribution in [1.29, 1.82) is 0 Å². The molecule has 0 spiro atoms. The molecule has 1 N–H and O–H groups in total. The third kappa shape index (κ3) is 5.58. The molecule has 1 saturated heterocycles. The molecule has 0 radical (unpaired) electrons. The minimum atomic E-state index is 0.00337. The number of rotatable bonds is 6. The summed E-state index contributed by atoms with van der Waals surface area (Å²) in [5.41, 5.74) is 0. The maximum atomic E-state index is 12.3. The number of piperidine rings is 1. The Morgan fingerprint density at radius 3 is 2.96 bits per heavy atom. The highest BCUT2D eigenvalue weighted by molar-refractivity contribution is 5.91. The fraction of sp³-hybridized carbons (Fsp3) is 0.556. The molecular formula is C18H26N2O3. The minimum absolute atomic E-state index is 0.00337. The Morgan fingerprint density at radius 2 is 2.26 bits per heavy atom. The van der Waals surface area contributed by atoms with E-state index in [4.69, 9.17) is 4.42 Å². The molecule has 1 aromatic rings. The van der Waals surface area contributed by atoms with Crippen LogP contribution in [-0.2, 0) is 9.59 Å². The lowest BCUT2D eigenvalue weighted by atomic mass is 9.98. The predicted molar refractivity (Wildman–Crippen MR) is 89.7 cm³/mol. The van der Waals surface area contributed by atoms with Gasteiger partial charge in [-0.15, -0.1) is 0 Å². The maximum absolute atomic E-state index is 12.3. The van der Waals surface area contributed by atoms with Crippen molar-refractivity contribution in [2.45, 2.75) is 39.5 Å². The van der Waals surface area contributed by atoms with Crippen LogP contribution in [-0.4, -0.2) is 36.3 Å². The molecular weight excluding hydrogens is 292 g/mol. The van der Waals surface area contributed by atoms with E-state index >= 15 is 0 Å². The van der Waals surface area contributed by atoms with Gasteiger partial charge in [0.15, 0.2) is 0 Å². The Balaban J connectivity index is 1.81. The zero-order chi connectivity index (χ0) is 16.7. The summed E-state index contributed by atoms with van der Waals surface area (Å²) in [6.07, 6.45) is 6.74. The van der Waals surface area contributed by atoms with Crippen molar-refractivity contribution in [3.8, 4) is 0 Å². The highest BCUT2D eigenvalue weighted by Crippen LogP contribution is 2.17. The Hall–Kier alpha value is -2.04. The van der Waals surface area contributed by atoms with Gasteiger partial charge in [-0.1, -0.05) is 6.92 Å². The van der Waals surface area contributed by atoms with Crippen LogP contribution in [0.5, 0.6) is 0 Å². The third-order valence-electron chi connectivity index (χ3n) is 4.05. The van der Waals surface area contributed by atoms with Crippen LogP contribution >= 0.6 is 0 Å². The number of carbonyl (C=O) groups excluding carboxylic acids is 2. The monoisotopic (exact) mass is 318 g/mol. The Kier molecular flexibility index (Phi) is 6.44. The van der Waals surface area contributed by atoms with Gasteiger partial charge in [-0.2, -0.15) is 0 Å². The third-order valence-corrected chi connectivity index (χ3v) is 4.05. The lowest BCUT2D eigenvalue weighted by Gasteiger charge is -2.32. The van der Waals surface area contributed by atoms with E-state index in [1.807, 2.05) is 30.9 Å². The van der Waals surface area contributed by atoms with Crippen LogP contribution in [0.3, 0.4) is 0 Å². The van der Waals surface area contributed by atoms with Gasteiger partial charge < -0.3 is 14.6 Å². The van der Waals surface area contributed by atoms with Gasteiger partial charge in [0.05, 0.1) is 0 Å². The van der Waals surface area contributed by atoms with Crippen molar-refractivity contribution < 1.29 is 14.0 Å². The molecule has 126 valence electrons. The first-order chi connectivity index (χ1) is 11.1. The van der Waals surface area contributed by atoms with Gasteiger partial charge in [0.2, 0.25) is 11.8 Å². The van der Waals surface area contributed by atoms with E-state index in [1.165, 1.54) is 0 Å². The highest BCUT2D eigenvalue weighted by atomic mass is 16.3. The average Bonchev–Trinajstić information content (AvgIpc) is 2.97. The van der Waals surface area contributed by atoms with Gasteiger partial charge in [-0.05, 0) is 50.3 Å². The molecule has 2 rings (SSSR count). The summed E-state index contributed by atoms with van der Waals surface area (Å²) in [5, 5.41) is 2.96. The molecule has 0 aliphatic carbocycles. The van der Waals surface area contributed by atoms with E-state index in [-0.39, 0.29) is 11.8 Å². The first kappa shape index (κ1) is 17.3. The molecule has 0 saturated carbocycles. The van der Waals surface area contributed by atoms with Crippen molar-refractivity contribution in [2.75, 3.05) is 19.6 Å². The number of nitrogens with zero attached hydrogens (tertiary/aromatic N) is 1. The topological polar surface area (TPSA) is 62.6 Å². The molecule has 1 fully saturated rings. The van der Waals surface area contributed by atoms with E-state index in [0.717, 1.165) is 31.6 Å². The zero-order valence-electron chi connectivity index (χ0n) is 14.0. The van der Waals surface area contributed by atoms with Gasteiger partial charge >= 0.3 is 0 Å². The molecule has 1 atom stereocenters. The van der Waals surface area contributed by atoms with Crippen LogP contribution in [0.25, 0.3) is 6.08 Å². The second kappa shape index (κ2) is 8.56. The first-order valence-corrected chi connectivity index (χ1v) is 8.38. The number of amides is 2. The fourth-order valence-corrected chi connectivity index (χ4v) is 2.81. The van der Waals surface area contributed by atoms with Crippen molar-refractivity contribution in [3.05, 3.63) is 29.7 Å². The molecule has 0 bridgehead atoms. The van der Waals surface area contributed by atoms with Crippen molar-refractivity contribution in [3.63, 3.8) is 0 Å². The molecule has 1 aliphatic rings. The molecule has 1 aromatic heterocycles. The van der Waals surface area contributed by atoms with Crippen LogP contribution in [0.1, 0.15) is 44.1 Å². The Morgan fingerprint density at radius 1 is 1.43 bits per heavy atom. The molecule has 23 heavy (non-hydrogen) atoms. The molecule has 0 aromatic carbocycles. The van der Waals surface area contributed by atoms with Crippen LogP contribution in [0, 0.1) is 12.8 Å². The zero-order valence-corrected chi connectivity index (χ0v) is 14.0. The standard InChI is InChI=1S/C18H26N2O3/c1-3-5-17(21)19-12-15-6-4-11-20(13-15)18(22)10-9-16-8-7-14(2)23-16/h7-10,15H,3-6,11-13H2,1-2H3,(H,19,21)/b10-9+. The molecule has 5 nitrogen and oxygen atoms in total. The largest absolute Gasteiger partial charge is 0.462 e. The molecule has 5 heteroatoms. The number of nitrogens with one attached hydrogen (secondary N) is 1. The Bertz CT molecular complexity index is 562. The molecule has 2 heterocycles. The number of hydrogen-bond acceptors (Lipinski definition) is 3. The molecule has 2 amide bonds. The molecule has 1 aliphatic heterocycles. The predicted octanol–water partition coefficient (Wildman–Crippen LogP) is 2.76. The smallest absolute Gasteiger partial charge is 0.246 e. The van der Waals surface area contributed by atoms with Crippen molar-refractivity contribution >= 4 is 17.9 Å². The van der Waals surface area contributed by atoms with Gasteiger partial charge in [0.1, 0.15) is 11.5 Å². The first-order valence-electron chi connectivity index (χ1n) is 8.38. The van der Waals surface area contributed by atoms with Crippen LogP contribution < -0.4 is 5.32 Å². The lowest BCUT2D eigenvalue weighted by molar-refractivity contribution is -0.127. The van der Waals surface area contributed by atoms with E-state index in [2.05, 4.69) is 5.32 Å². The van der Waals surface area contributed by atoms with E-state index < -0.39 is 0 Å². The summed E-state index contributed by atoms with van der Waals surface area (Å²) in [7, 11) is 0. The van der Waals surface area contributed by atoms with E-state index in [1.54, 1.807) is 12.2 Å². The minimum Gasteiger partial charge on any atom is -0.462 e. The second-order valence-electron chi connectivity index (χ2n) is 6.13. The van der Waals surface area contributed by atoms with Crippen LogP contribution in [0.4, 0.5) is 0 Å². The summed E-state index contributed by atoms with van der Waals surface area (Å²) in [6, 6.07) is 3.72. The van der Waals surface area contributed by atoms with Crippen molar-refractivity contribution in [2.24, 2.45) is 5.92 Å². The lowest BCUT2D eigenvalue weighted by Crippen LogP contribution is -2.43. The summed E-state index contributed by atoms with van der Waals surface area (Å²) < 4.78 is 5.43. The van der Waals surface area contributed by atoms with Crippen LogP contribution in [0.2, 0.25) is 0 Å². The van der Waals surface area contributed by atoms with Crippen molar-refractivity contribution in [1.82, 2.24) is 10.2 Å². The quantitative estimate of drug-likeness (QED) is 0.820. The average molecular weight is 318 g/mol. The van der Waals surface area contributed by atoms with Gasteiger partial charge in [-0.3, -0.25) is 9.59 Å². The summed E-state index contributed by atoms with van der Waals surface area (Å²) in [4.78, 5) is 25.7. The fourth-order valence-electron chi connectivity index (χ4n) is 2.81. The van der Waals surface area contributed by atoms with Gasteiger partial charge in [0.25, 0.3) is 0 Å². The Labute approximate surface area is 137 Å². The molecule has 1 unspecified atom stereocenters. The number of hydrogen-bond donors (Lipinski definition) is 1. The second-order valence-corrected chi connectivity index (χ2v) is 6.13. The van der Waals surface area contributed by atoms with E-state index in [0.29, 0.717) is 31.2 Å². The number of aryl methyl sites for hydroxylation is 1. The summed E-state index contributed by atoms with van der Waals surface area (Å²) in [5.74, 6) is 1.97. The number of furan rings is 1. The number of likely N-dealkylation sites (tertiary alicyclic amines) is 1. The van der Waals surface area contributed by atoms with Gasteiger partial charge in [0, 0.05) is 32.1 Å². The van der Waals surface area contributed by atoms with Crippen LogP contribution in [0.15, 0.2) is 22.6 Å². The summed E-state index contributed by atoms with van der Waals surface area (Å²) >= 11 is 0. The normalized spacial score (nSPS) is 18.3. The maximum Gasteiger partial charge on any atom is 0.246 e. The van der Waals surface area contributed by atoms with Gasteiger partial charge in [-0.25, -0.2) is 0 Å². The van der Waals surface area contributed by atoms with E-state index in [9.17, 15) is 9.59 Å². The number of carbonyl (C=O) groups is 2. The SMILES string of the molecule is CCCC(=O)NCC1CCCN(C(=O)/C=C/c2ccc(C)o2)C1.